The minimum absolute atomic E-state index is 0.114. The van der Waals surface area contributed by atoms with E-state index in [1.165, 1.54) is 48.9 Å². The van der Waals surface area contributed by atoms with Crippen LogP contribution in [0.1, 0.15) is 17.0 Å². The molecule has 9 aromatic rings. The van der Waals surface area contributed by atoms with Crippen molar-refractivity contribution < 1.29 is 4.42 Å². The van der Waals surface area contributed by atoms with Crippen molar-refractivity contribution >= 4 is 44.3 Å². The average molecular weight is 664 g/mol. The number of hydrogen-bond donors (Lipinski definition) is 0. The van der Waals surface area contributed by atoms with Gasteiger partial charge in [0.05, 0.1) is 0 Å². The first-order valence-corrected chi connectivity index (χ1v) is 17.8. The molecule has 2 nitrogen and oxygen atoms in total. The summed E-state index contributed by atoms with van der Waals surface area (Å²) in [5.41, 5.74) is 12.0. The van der Waals surface area contributed by atoms with Gasteiger partial charge in [0, 0.05) is 11.5 Å². The van der Waals surface area contributed by atoms with Crippen molar-refractivity contribution in [1.82, 2.24) is 4.98 Å². The van der Waals surface area contributed by atoms with Crippen molar-refractivity contribution in [2.45, 2.75) is 5.92 Å². The molecule has 0 amide bonds. The monoisotopic (exact) mass is 663 g/mol. The highest BCUT2D eigenvalue weighted by molar-refractivity contribution is 6.05. The summed E-state index contributed by atoms with van der Waals surface area (Å²) < 4.78 is 6.36. The minimum atomic E-state index is 0.114. The second-order valence-corrected chi connectivity index (χ2v) is 13.6. The molecule has 8 aromatic carbocycles. The molecule has 0 fully saturated rings. The molecule has 1 unspecified atom stereocenters. The third-order valence-electron chi connectivity index (χ3n) is 10.5. The van der Waals surface area contributed by atoms with Crippen molar-refractivity contribution in [1.29, 1.82) is 0 Å². The fourth-order valence-electron chi connectivity index (χ4n) is 8.03. The maximum Gasteiger partial charge on any atom is 0.227 e. The molecule has 2 heteroatoms. The van der Waals surface area contributed by atoms with Gasteiger partial charge in [0.2, 0.25) is 5.89 Å². The van der Waals surface area contributed by atoms with Gasteiger partial charge in [0.15, 0.2) is 5.58 Å². The average Bonchev–Trinajstić information content (AvgIpc) is 3.64. The van der Waals surface area contributed by atoms with E-state index in [1.54, 1.807) is 0 Å². The quantitative estimate of drug-likeness (QED) is 0.183. The van der Waals surface area contributed by atoms with Crippen LogP contribution in [0.5, 0.6) is 0 Å². The minimum Gasteiger partial charge on any atom is -0.436 e. The van der Waals surface area contributed by atoms with Crippen LogP contribution in [0.4, 0.5) is 0 Å². The standard InChI is InChI=1S/C50H33NO/c1-32-45(34-12-3-2-4-13-34)30-38-16-7-10-20-42(38)48(32)36-22-24-37(25-23-36)49-41-19-9-6-15-35(41)26-28-43(49)39-27-29-47-46(31-39)51-50(52-47)44-21-11-17-33-14-5-8-18-40(33)44/h2-31,45H,1H2. The molecule has 0 N–H and O–H groups in total. The zero-order valence-corrected chi connectivity index (χ0v) is 28.5. The van der Waals surface area contributed by atoms with Crippen molar-refractivity contribution in [2.75, 3.05) is 0 Å². The van der Waals surface area contributed by atoms with Crippen LogP contribution in [-0.2, 0) is 0 Å². The number of oxazole rings is 1. The molecule has 52 heavy (non-hydrogen) atoms. The van der Waals surface area contributed by atoms with Gasteiger partial charge in [-0.1, -0.05) is 170 Å². The van der Waals surface area contributed by atoms with Gasteiger partial charge >= 0.3 is 0 Å². The Labute approximate surface area is 302 Å². The van der Waals surface area contributed by atoms with Crippen LogP contribution in [0.2, 0.25) is 0 Å². The fourth-order valence-corrected chi connectivity index (χ4v) is 8.03. The van der Waals surface area contributed by atoms with Crippen LogP contribution in [-0.4, -0.2) is 4.98 Å². The van der Waals surface area contributed by atoms with E-state index in [0.717, 1.165) is 44.3 Å². The van der Waals surface area contributed by atoms with Gasteiger partial charge in [-0.2, -0.15) is 0 Å². The van der Waals surface area contributed by atoms with Crippen LogP contribution >= 0.6 is 0 Å². The number of aromatic nitrogens is 1. The Bertz CT molecular complexity index is 2960. The zero-order chi connectivity index (χ0) is 34.6. The summed E-state index contributed by atoms with van der Waals surface area (Å²) >= 11 is 0. The van der Waals surface area contributed by atoms with E-state index in [-0.39, 0.29) is 5.92 Å². The molecule has 0 radical (unpaired) electrons. The van der Waals surface area contributed by atoms with E-state index >= 15 is 0 Å². The van der Waals surface area contributed by atoms with Crippen LogP contribution < -0.4 is 10.4 Å². The van der Waals surface area contributed by atoms with Gasteiger partial charge < -0.3 is 4.42 Å². The van der Waals surface area contributed by atoms with E-state index < -0.39 is 0 Å². The third-order valence-corrected chi connectivity index (χ3v) is 10.5. The lowest BCUT2D eigenvalue weighted by atomic mass is 9.79. The summed E-state index contributed by atoms with van der Waals surface area (Å²) in [6, 6.07) is 62.5. The summed E-state index contributed by atoms with van der Waals surface area (Å²) in [5, 5.41) is 7.18. The maximum atomic E-state index is 6.36. The van der Waals surface area contributed by atoms with E-state index in [4.69, 9.17) is 9.40 Å². The number of hydrogen-bond acceptors (Lipinski definition) is 2. The summed E-state index contributed by atoms with van der Waals surface area (Å²) in [6.07, 6.45) is 2.35. The molecular weight excluding hydrogens is 631 g/mol. The Hall–Kier alpha value is -6.77. The molecule has 0 aliphatic heterocycles. The number of nitrogens with zero attached hydrogens (tertiary/aromatic N) is 1. The van der Waals surface area contributed by atoms with Crippen molar-refractivity contribution in [2.24, 2.45) is 0 Å². The molecule has 0 saturated carbocycles. The molecule has 0 saturated heterocycles. The number of rotatable bonds is 5. The van der Waals surface area contributed by atoms with Gasteiger partial charge in [-0.15, -0.1) is 0 Å². The molecule has 1 aliphatic carbocycles. The Morgan fingerprint density at radius 3 is 2.04 bits per heavy atom. The van der Waals surface area contributed by atoms with E-state index in [0.29, 0.717) is 5.89 Å². The SMILES string of the molecule is C=C1C(c2ccc(-c3c(-c4ccc5oc(-c6cccc7ccccc67)nc5c4)ccc4ccccc34)cc2)=c2ccccc2=CC1c1ccccc1. The molecule has 1 aromatic heterocycles. The highest BCUT2D eigenvalue weighted by Gasteiger charge is 2.22. The molecule has 1 aliphatic rings. The van der Waals surface area contributed by atoms with Gasteiger partial charge in [0.25, 0.3) is 0 Å². The van der Waals surface area contributed by atoms with Crippen molar-refractivity contribution in [3.05, 3.63) is 210 Å². The second-order valence-electron chi connectivity index (χ2n) is 13.6. The first-order chi connectivity index (χ1) is 25.7. The Balaban J connectivity index is 1.09. The lowest BCUT2D eigenvalue weighted by molar-refractivity contribution is 0.620. The van der Waals surface area contributed by atoms with Crippen LogP contribution in [0.25, 0.3) is 78.0 Å². The number of fused-ring (bicyclic) bond motifs is 4. The number of allylic oxidation sites excluding steroid dienone is 1. The first-order valence-electron chi connectivity index (χ1n) is 17.8. The van der Waals surface area contributed by atoms with E-state index in [1.807, 2.05) is 0 Å². The highest BCUT2D eigenvalue weighted by atomic mass is 16.3. The molecule has 1 atom stereocenters. The lowest BCUT2D eigenvalue weighted by Crippen LogP contribution is -2.32. The maximum absolute atomic E-state index is 6.36. The normalized spacial score (nSPS) is 14.1. The molecular formula is C50H33NO. The van der Waals surface area contributed by atoms with Gasteiger partial charge in [0.1, 0.15) is 5.52 Å². The largest absolute Gasteiger partial charge is 0.436 e. The third kappa shape index (κ3) is 5.00. The summed E-state index contributed by atoms with van der Waals surface area (Å²) in [4.78, 5) is 5.02. The van der Waals surface area contributed by atoms with Gasteiger partial charge in [-0.25, -0.2) is 4.98 Å². The van der Waals surface area contributed by atoms with Gasteiger partial charge in [-0.3, -0.25) is 0 Å². The van der Waals surface area contributed by atoms with E-state index in [2.05, 4.69) is 189 Å². The molecule has 0 spiro atoms. The summed E-state index contributed by atoms with van der Waals surface area (Å²) in [6.45, 7) is 4.68. The second kappa shape index (κ2) is 12.2. The van der Waals surface area contributed by atoms with Crippen molar-refractivity contribution in [3.63, 3.8) is 0 Å². The van der Waals surface area contributed by atoms with Crippen LogP contribution in [0.3, 0.4) is 0 Å². The van der Waals surface area contributed by atoms with Crippen LogP contribution in [0.15, 0.2) is 192 Å². The topological polar surface area (TPSA) is 26.0 Å². The Morgan fingerprint density at radius 2 is 1.19 bits per heavy atom. The summed E-state index contributed by atoms with van der Waals surface area (Å²) in [5.74, 6) is 0.747. The molecule has 244 valence electrons. The Kier molecular flexibility index (Phi) is 7.07. The molecule has 1 heterocycles. The smallest absolute Gasteiger partial charge is 0.227 e. The first kappa shape index (κ1) is 30.1. The Morgan fingerprint density at radius 1 is 0.519 bits per heavy atom. The molecule has 10 rings (SSSR count). The fraction of sp³-hybridized carbons (Fsp3) is 0.0200. The van der Waals surface area contributed by atoms with Gasteiger partial charge in [-0.05, 0) is 94.7 Å². The van der Waals surface area contributed by atoms with E-state index in [9.17, 15) is 0 Å². The highest BCUT2D eigenvalue weighted by Crippen LogP contribution is 2.41. The lowest BCUT2D eigenvalue weighted by Gasteiger charge is -2.24. The molecule has 0 bridgehead atoms. The predicted molar refractivity (Wildman–Crippen MR) is 216 cm³/mol. The summed E-state index contributed by atoms with van der Waals surface area (Å²) in [7, 11) is 0. The number of benzene rings is 8. The van der Waals surface area contributed by atoms with Crippen LogP contribution in [0, 0.1) is 0 Å². The predicted octanol–water partition coefficient (Wildman–Crippen LogP) is 11.5. The zero-order valence-electron chi connectivity index (χ0n) is 28.5. The van der Waals surface area contributed by atoms with Crippen molar-refractivity contribution in [3.8, 4) is 33.7 Å².